The molecule has 1 spiro atoms. The molecule has 6 nitrogen and oxygen atoms in total. The average Bonchev–Trinajstić information content (AvgIpc) is 3.46. The Bertz CT molecular complexity index is 1110. The van der Waals surface area contributed by atoms with E-state index in [4.69, 9.17) is 4.74 Å². The SMILES string of the molecule is CCOc1ccc(-c2nc(CN3C(=O)N[C@]4(CCCc5sccc54)C3=O)cs2)cc1. The number of amides is 3. The van der Waals surface area contributed by atoms with E-state index in [2.05, 4.69) is 10.3 Å². The number of fused-ring (bicyclic) bond motifs is 2. The van der Waals surface area contributed by atoms with Gasteiger partial charge in [-0.25, -0.2) is 9.78 Å². The molecule has 8 heteroatoms. The highest BCUT2D eigenvalue weighted by Gasteiger charge is 2.54. The van der Waals surface area contributed by atoms with Crippen LogP contribution in [0.2, 0.25) is 0 Å². The second kappa shape index (κ2) is 7.52. The predicted octanol–water partition coefficient (Wildman–Crippen LogP) is 4.55. The summed E-state index contributed by atoms with van der Waals surface area (Å²) in [5, 5.41) is 7.76. The Labute approximate surface area is 182 Å². The summed E-state index contributed by atoms with van der Waals surface area (Å²) in [5.74, 6) is 0.658. The lowest BCUT2D eigenvalue weighted by Crippen LogP contribution is -2.46. The summed E-state index contributed by atoms with van der Waals surface area (Å²) >= 11 is 3.16. The summed E-state index contributed by atoms with van der Waals surface area (Å²) < 4.78 is 5.48. The van der Waals surface area contributed by atoms with Crippen LogP contribution in [0.1, 0.15) is 35.9 Å². The van der Waals surface area contributed by atoms with Crippen LogP contribution in [0.25, 0.3) is 10.6 Å². The molecule has 5 rings (SSSR count). The van der Waals surface area contributed by atoms with Gasteiger partial charge in [0, 0.05) is 21.4 Å². The van der Waals surface area contributed by atoms with Crippen LogP contribution in [-0.2, 0) is 23.3 Å². The minimum atomic E-state index is -0.904. The third kappa shape index (κ3) is 3.11. The third-order valence-corrected chi connectivity index (χ3v) is 7.54. The minimum Gasteiger partial charge on any atom is -0.494 e. The first kappa shape index (κ1) is 19.3. The lowest BCUT2D eigenvalue weighted by molar-refractivity contribution is -0.132. The number of thiazole rings is 1. The molecule has 3 heterocycles. The summed E-state index contributed by atoms with van der Waals surface area (Å²) in [6, 6.07) is 9.42. The second-order valence-corrected chi connectivity index (χ2v) is 9.30. The highest BCUT2D eigenvalue weighted by atomic mass is 32.1. The lowest BCUT2D eigenvalue weighted by Gasteiger charge is -2.31. The number of benzene rings is 1. The van der Waals surface area contributed by atoms with Crippen LogP contribution in [0, 0.1) is 0 Å². The Morgan fingerprint density at radius 1 is 1.20 bits per heavy atom. The molecule has 1 saturated heterocycles. The van der Waals surface area contributed by atoms with Crippen molar-refractivity contribution in [1.82, 2.24) is 15.2 Å². The first-order valence-electron chi connectivity index (χ1n) is 9.99. The number of nitrogens with one attached hydrogen (secondary N) is 1. The number of ether oxygens (including phenoxy) is 1. The van der Waals surface area contributed by atoms with E-state index >= 15 is 0 Å². The number of rotatable bonds is 5. The fraction of sp³-hybridized carbons (Fsp3) is 0.318. The van der Waals surface area contributed by atoms with Crippen molar-refractivity contribution in [1.29, 1.82) is 0 Å². The smallest absolute Gasteiger partial charge is 0.325 e. The van der Waals surface area contributed by atoms with Crippen molar-refractivity contribution in [3.63, 3.8) is 0 Å². The molecule has 0 bridgehead atoms. The van der Waals surface area contributed by atoms with Crippen molar-refractivity contribution in [3.8, 4) is 16.3 Å². The van der Waals surface area contributed by atoms with Gasteiger partial charge in [0.05, 0.1) is 18.8 Å². The highest BCUT2D eigenvalue weighted by Crippen LogP contribution is 2.42. The van der Waals surface area contributed by atoms with Crippen molar-refractivity contribution in [2.24, 2.45) is 0 Å². The molecule has 3 amide bonds. The Morgan fingerprint density at radius 2 is 2.03 bits per heavy atom. The van der Waals surface area contributed by atoms with E-state index in [0.717, 1.165) is 34.7 Å². The van der Waals surface area contributed by atoms with Crippen LogP contribution in [0.3, 0.4) is 0 Å². The molecule has 30 heavy (non-hydrogen) atoms. The maximum atomic E-state index is 13.3. The van der Waals surface area contributed by atoms with E-state index in [1.165, 1.54) is 21.1 Å². The number of hydrogen-bond acceptors (Lipinski definition) is 6. The zero-order chi connectivity index (χ0) is 20.7. The van der Waals surface area contributed by atoms with Gasteiger partial charge in [0.2, 0.25) is 0 Å². The maximum absolute atomic E-state index is 13.3. The maximum Gasteiger partial charge on any atom is 0.325 e. The zero-order valence-electron chi connectivity index (χ0n) is 16.5. The van der Waals surface area contributed by atoms with Gasteiger partial charge in [0.1, 0.15) is 16.3 Å². The standard InChI is InChI=1S/C22H21N3O3S2/c1-2-28-16-7-5-14(6-8-16)19-23-15(13-30-19)12-25-20(26)22(24-21(25)27)10-3-4-18-17(22)9-11-29-18/h5-9,11,13H,2-4,10,12H2,1H3,(H,24,27)/t22-/m0/s1. The van der Waals surface area contributed by atoms with Crippen LogP contribution < -0.4 is 10.1 Å². The van der Waals surface area contributed by atoms with Crippen LogP contribution in [0.4, 0.5) is 4.79 Å². The monoisotopic (exact) mass is 439 g/mol. The normalized spacial score (nSPS) is 20.5. The molecule has 1 fully saturated rings. The Balaban J connectivity index is 1.36. The van der Waals surface area contributed by atoms with Gasteiger partial charge in [-0.15, -0.1) is 22.7 Å². The Morgan fingerprint density at radius 3 is 2.83 bits per heavy atom. The topological polar surface area (TPSA) is 71.5 Å². The number of carbonyl (C=O) groups excluding carboxylic acids is 2. The van der Waals surface area contributed by atoms with Gasteiger partial charge in [-0.2, -0.15) is 0 Å². The zero-order valence-corrected chi connectivity index (χ0v) is 18.1. The molecular weight excluding hydrogens is 418 g/mol. The first-order chi connectivity index (χ1) is 14.6. The predicted molar refractivity (Wildman–Crippen MR) is 117 cm³/mol. The molecular formula is C22H21N3O3S2. The van der Waals surface area contributed by atoms with Crippen LogP contribution >= 0.6 is 22.7 Å². The number of nitrogens with zero attached hydrogens (tertiary/aromatic N) is 2. The third-order valence-electron chi connectivity index (χ3n) is 5.62. The molecule has 0 saturated carbocycles. The summed E-state index contributed by atoms with van der Waals surface area (Å²) in [6.07, 6.45) is 2.51. The molecule has 154 valence electrons. The van der Waals surface area contributed by atoms with Crippen molar-refractivity contribution in [2.45, 2.75) is 38.3 Å². The van der Waals surface area contributed by atoms with E-state index in [1.807, 2.05) is 48.0 Å². The number of thiophene rings is 1. The highest BCUT2D eigenvalue weighted by molar-refractivity contribution is 7.13. The second-order valence-electron chi connectivity index (χ2n) is 7.44. The number of aromatic nitrogens is 1. The van der Waals surface area contributed by atoms with Crippen molar-refractivity contribution >= 4 is 34.6 Å². The van der Waals surface area contributed by atoms with Crippen molar-refractivity contribution in [2.75, 3.05) is 6.61 Å². The fourth-order valence-corrected chi connectivity index (χ4v) is 6.04. The number of aryl methyl sites for hydroxylation is 1. The molecule has 1 aliphatic carbocycles. The van der Waals surface area contributed by atoms with Gasteiger partial charge < -0.3 is 10.1 Å². The Hall–Kier alpha value is -2.71. The summed E-state index contributed by atoms with van der Waals surface area (Å²) in [7, 11) is 0. The van der Waals surface area contributed by atoms with Gasteiger partial charge in [-0.1, -0.05) is 0 Å². The van der Waals surface area contributed by atoms with Gasteiger partial charge in [0.25, 0.3) is 5.91 Å². The van der Waals surface area contributed by atoms with Gasteiger partial charge in [-0.05, 0) is 61.9 Å². The lowest BCUT2D eigenvalue weighted by atomic mass is 9.80. The Kier molecular flexibility index (Phi) is 4.83. The molecule has 0 unspecified atom stereocenters. The van der Waals surface area contributed by atoms with Crippen LogP contribution in [0.15, 0.2) is 41.1 Å². The number of hydrogen-bond donors (Lipinski definition) is 1. The van der Waals surface area contributed by atoms with Gasteiger partial charge in [-0.3, -0.25) is 9.69 Å². The summed E-state index contributed by atoms with van der Waals surface area (Å²) in [4.78, 5) is 33.2. The van der Waals surface area contributed by atoms with E-state index in [-0.39, 0.29) is 18.5 Å². The summed E-state index contributed by atoms with van der Waals surface area (Å²) in [6.45, 7) is 2.76. The minimum absolute atomic E-state index is 0.164. The van der Waals surface area contributed by atoms with Crippen molar-refractivity contribution in [3.05, 3.63) is 57.2 Å². The van der Waals surface area contributed by atoms with Crippen molar-refractivity contribution < 1.29 is 14.3 Å². The van der Waals surface area contributed by atoms with E-state index in [1.54, 1.807) is 11.3 Å². The first-order valence-corrected chi connectivity index (χ1v) is 11.8. The molecule has 0 radical (unpaired) electrons. The molecule has 2 aromatic heterocycles. The van der Waals surface area contributed by atoms with E-state index < -0.39 is 5.54 Å². The number of imide groups is 1. The largest absolute Gasteiger partial charge is 0.494 e. The van der Waals surface area contributed by atoms with Crippen LogP contribution in [-0.4, -0.2) is 28.4 Å². The molecule has 1 N–H and O–H groups in total. The quantitative estimate of drug-likeness (QED) is 0.592. The number of urea groups is 1. The molecule has 1 aliphatic heterocycles. The molecule has 1 atom stereocenters. The molecule has 3 aromatic rings. The van der Waals surface area contributed by atoms with E-state index in [9.17, 15) is 9.59 Å². The molecule has 2 aliphatic rings. The van der Waals surface area contributed by atoms with Crippen LogP contribution in [0.5, 0.6) is 5.75 Å². The fourth-order valence-electron chi connectivity index (χ4n) is 4.22. The van der Waals surface area contributed by atoms with Gasteiger partial charge in [0.15, 0.2) is 0 Å². The molecule has 1 aromatic carbocycles. The van der Waals surface area contributed by atoms with E-state index in [0.29, 0.717) is 18.7 Å². The number of carbonyl (C=O) groups is 2. The average molecular weight is 440 g/mol. The summed E-state index contributed by atoms with van der Waals surface area (Å²) in [5.41, 5.74) is 1.76. The van der Waals surface area contributed by atoms with Gasteiger partial charge >= 0.3 is 6.03 Å².